The van der Waals surface area contributed by atoms with Crippen molar-refractivity contribution in [2.75, 3.05) is 17.2 Å². The van der Waals surface area contributed by atoms with Crippen LogP contribution >= 0.6 is 15.9 Å². The average Bonchev–Trinajstić information content (AvgIpc) is 2.37. The van der Waals surface area contributed by atoms with Crippen molar-refractivity contribution >= 4 is 33.4 Å². The number of halogens is 2. The van der Waals surface area contributed by atoms with Crippen LogP contribution in [0, 0.1) is 12.7 Å². The lowest BCUT2D eigenvalue weighted by molar-refractivity contribution is 0.627. The fourth-order valence-corrected chi connectivity index (χ4v) is 1.98. The third-order valence-corrected chi connectivity index (χ3v) is 3.15. The second kappa shape index (κ2) is 5.97. The molecule has 4 nitrogen and oxygen atoms in total. The third kappa shape index (κ3) is 3.41. The summed E-state index contributed by atoms with van der Waals surface area (Å²) in [6.45, 7) is 4.64. The molecule has 2 aromatic rings. The highest BCUT2D eigenvalue weighted by atomic mass is 79.9. The summed E-state index contributed by atoms with van der Waals surface area (Å²) >= 11 is 3.32. The van der Waals surface area contributed by atoms with Gasteiger partial charge in [0.15, 0.2) is 0 Å². The molecule has 0 fully saturated rings. The fraction of sp³-hybridized carbons (Fsp3) is 0.231. The van der Waals surface area contributed by atoms with Crippen molar-refractivity contribution in [3.8, 4) is 0 Å². The summed E-state index contributed by atoms with van der Waals surface area (Å²) < 4.78 is 13.7. The van der Waals surface area contributed by atoms with Gasteiger partial charge in [0, 0.05) is 22.8 Å². The third-order valence-electron chi connectivity index (χ3n) is 2.49. The van der Waals surface area contributed by atoms with Crippen molar-refractivity contribution in [3.63, 3.8) is 0 Å². The Bertz CT molecular complexity index is 589. The lowest BCUT2D eigenvalue weighted by Gasteiger charge is -2.11. The van der Waals surface area contributed by atoms with E-state index in [1.54, 1.807) is 12.3 Å². The summed E-state index contributed by atoms with van der Waals surface area (Å²) in [7, 11) is 0. The molecule has 0 atom stereocenters. The quantitative estimate of drug-likeness (QED) is 0.896. The number of hydrogen-bond acceptors (Lipinski definition) is 4. The molecule has 1 aromatic carbocycles. The molecule has 1 aromatic heterocycles. The van der Waals surface area contributed by atoms with Crippen LogP contribution < -0.4 is 10.6 Å². The maximum absolute atomic E-state index is 13.0. The van der Waals surface area contributed by atoms with E-state index in [-0.39, 0.29) is 5.82 Å². The van der Waals surface area contributed by atoms with Gasteiger partial charge in [-0.2, -0.15) is 4.98 Å². The molecule has 19 heavy (non-hydrogen) atoms. The number of anilines is 3. The first-order valence-electron chi connectivity index (χ1n) is 5.89. The molecule has 100 valence electrons. The number of nitrogens with zero attached hydrogens (tertiary/aromatic N) is 2. The Labute approximate surface area is 119 Å². The molecule has 2 rings (SSSR count). The minimum Gasteiger partial charge on any atom is -0.354 e. The van der Waals surface area contributed by atoms with Crippen LogP contribution in [0.15, 0.2) is 28.9 Å². The zero-order valence-corrected chi connectivity index (χ0v) is 12.3. The maximum Gasteiger partial charge on any atom is 0.224 e. The van der Waals surface area contributed by atoms with Gasteiger partial charge in [0.1, 0.15) is 11.6 Å². The molecule has 0 radical (unpaired) electrons. The van der Waals surface area contributed by atoms with E-state index in [1.807, 2.05) is 13.8 Å². The van der Waals surface area contributed by atoms with Crippen molar-refractivity contribution in [2.45, 2.75) is 13.8 Å². The van der Waals surface area contributed by atoms with Crippen molar-refractivity contribution in [2.24, 2.45) is 0 Å². The summed E-state index contributed by atoms with van der Waals surface area (Å²) in [6, 6.07) is 4.47. The Morgan fingerprint density at radius 1 is 1.37 bits per heavy atom. The summed E-state index contributed by atoms with van der Waals surface area (Å²) in [5.41, 5.74) is 1.67. The number of rotatable bonds is 4. The van der Waals surface area contributed by atoms with E-state index in [1.165, 1.54) is 12.1 Å². The van der Waals surface area contributed by atoms with E-state index in [2.05, 4.69) is 36.5 Å². The Morgan fingerprint density at radius 3 is 2.84 bits per heavy atom. The lowest BCUT2D eigenvalue weighted by atomic mass is 10.3. The van der Waals surface area contributed by atoms with Gasteiger partial charge in [0.2, 0.25) is 5.95 Å². The van der Waals surface area contributed by atoms with Gasteiger partial charge in [-0.05, 0) is 48.0 Å². The van der Waals surface area contributed by atoms with Gasteiger partial charge in [-0.15, -0.1) is 0 Å². The molecule has 0 saturated heterocycles. The van der Waals surface area contributed by atoms with Crippen LogP contribution in [0.5, 0.6) is 0 Å². The molecule has 0 saturated carbocycles. The van der Waals surface area contributed by atoms with Crippen LogP contribution in [0.25, 0.3) is 0 Å². The van der Waals surface area contributed by atoms with Gasteiger partial charge in [0.25, 0.3) is 0 Å². The smallest absolute Gasteiger partial charge is 0.224 e. The van der Waals surface area contributed by atoms with E-state index >= 15 is 0 Å². The summed E-state index contributed by atoms with van der Waals surface area (Å²) in [6.07, 6.45) is 1.74. The zero-order chi connectivity index (χ0) is 13.8. The minimum atomic E-state index is -0.287. The Kier molecular flexibility index (Phi) is 4.31. The van der Waals surface area contributed by atoms with Gasteiger partial charge in [-0.1, -0.05) is 0 Å². The minimum absolute atomic E-state index is 0.287. The Hall–Kier alpha value is -1.69. The van der Waals surface area contributed by atoms with Gasteiger partial charge in [-0.3, -0.25) is 0 Å². The van der Waals surface area contributed by atoms with Gasteiger partial charge in [-0.25, -0.2) is 9.37 Å². The molecule has 0 unspecified atom stereocenters. The van der Waals surface area contributed by atoms with Crippen LogP contribution in [-0.2, 0) is 0 Å². The highest BCUT2D eigenvalue weighted by Gasteiger charge is 2.07. The van der Waals surface area contributed by atoms with Gasteiger partial charge < -0.3 is 10.6 Å². The summed E-state index contributed by atoms with van der Waals surface area (Å²) in [4.78, 5) is 8.55. The number of aromatic nitrogens is 2. The molecular formula is C13H14BrFN4. The first-order chi connectivity index (χ1) is 9.10. The fourth-order valence-electron chi connectivity index (χ4n) is 1.53. The largest absolute Gasteiger partial charge is 0.354 e. The first-order valence-corrected chi connectivity index (χ1v) is 6.69. The van der Waals surface area contributed by atoms with Crippen LogP contribution in [0.2, 0.25) is 0 Å². The standard InChI is InChI=1S/C13H14BrFN4/c1-3-16-13-17-7-8(2)12(19-13)18-11-5-4-9(15)6-10(11)14/h4-7H,3H2,1-2H3,(H2,16,17,18,19). The number of benzene rings is 1. The lowest BCUT2D eigenvalue weighted by Crippen LogP contribution is -2.05. The summed E-state index contributed by atoms with van der Waals surface area (Å²) in [5.74, 6) is 0.970. The summed E-state index contributed by atoms with van der Waals surface area (Å²) in [5, 5.41) is 6.21. The van der Waals surface area contributed by atoms with Crippen LogP contribution in [0.4, 0.5) is 21.8 Å². The van der Waals surface area contributed by atoms with Crippen LogP contribution in [-0.4, -0.2) is 16.5 Å². The van der Waals surface area contributed by atoms with Crippen molar-refractivity contribution < 1.29 is 4.39 Å². The van der Waals surface area contributed by atoms with Crippen molar-refractivity contribution in [1.82, 2.24) is 9.97 Å². The predicted octanol–water partition coefficient (Wildman–Crippen LogP) is 3.86. The van der Waals surface area contributed by atoms with E-state index < -0.39 is 0 Å². The van der Waals surface area contributed by atoms with Gasteiger partial charge >= 0.3 is 0 Å². The molecule has 1 heterocycles. The molecule has 0 aliphatic rings. The van der Waals surface area contributed by atoms with Crippen LogP contribution in [0.3, 0.4) is 0 Å². The molecule has 0 bridgehead atoms. The number of hydrogen-bond donors (Lipinski definition) is 2. The predicted molar refractivity (Wildman–Crippen MR) is 78.3 cm³/mol. The SMILES string of the molecule is CCNc1ncc(C)c(Nc2ccc(F)cc2Br)n1. The number of aryl methyl sites for hydroxylation is 1. The van der Waals surface area contributed by atoms with Crippen molar-refractivity contribution in [3.05, 3.63) is 40.2 Å². The molecule has 0 amide bonds. The van der Waals surface area contributed by atoms with Crippen molar-refractivity contribution in [1.29, 1.82) is 0 Å². The second-order valence-corrected chi connectivity index (χ2v) is 4.86. The molecule has 6 heteroatoms. The van der Waals surface area contributed by atoms with E-state index in [4.69, 9.17) is 0 Å². The topological polar surface area (TPSA) is 49.8 Å². The average molecular weight is 325 g/mol. The Morgan fingerprint density at radius 2 is 2.16 bits per heavy atom. The molecule has 0 spiro atoms. The van der Waals surface area contributed by atoms with E-state index in [0.717, 1.165) is 17.8 Å². The molecular weight excluding hydrogens is 311 g/mol. The van der Waals surface area contributed by atoms with Gasteiger partial charge in [0.05, 0.1) is 5.69 Å². The zero-order valence-electron chi connectivity index (χ0n) is 10.7. The van der Waals surface area contributed by atoms with Crippen LogP contribution in [0.1, 0.15) is 12.5 Å². The highest BCUT2D eigenvalue weighted by Crippen LogP contribution is 2.27. The van der Waals surface area contributed by atoms with E-state index in [9.17, 15) is 4.39 Å². The maximum atomic E-state index is 13.0. The highest BCUT2D eigenvalue weighted by molar-refractivity contribution is 9.10. The van der Waals surface area contributed by atoms with E-state index in [0.29, 0.717) is 16.2 Å². The number of nitrogens with one attached hydrogen (secondary N) is 2. The normalized spacial score (nSPS) is 10.3. The first kappa shape index (κ1) is 13.7. The molecule has 0 aliphatic carbocycles. The molecule has 2 N–H and O–H groups in total. The monoisotopic (exact) mass is 324 g/mol. The Balaban J connectivity index is 2.29. The second-order valence-electron chi connectivity index (χ2n) is 4.00. The molecule has 0 aliphatic heterocycles.